The van der Waals surface area contributed by atoms with Gasteiger partial charge in [0.05, 0.1) is 13.0 Å². The Labute approximate surface area is 127 Å². The van der Waals surface area contributed by atoms with Gasteiger partial charge in [-0.05, 0) is 42.5 Å². The van der Waals surface area contributed by atoms with E-state index in [1.54, 1.807) is 48.5 Å². The zero-order valence-corrected chi connectivity index (χ0v) is 12.1. The van der Waals surface area contributed by atoms with Crippen LogP contribution in [0.3, 0.4) is 0 Å². The van der Waals surface area contributed by atoms with E-state index in [1.807, 2.05) is 0 Å². The van der Waals surface area contributed by atoms with Crippen molar-refractivity contribution in [2.24, 2.45) is 0 Å². The first kappa shape index (κ1) is 14.7. The lowest BCUT2D eigenvalue weighted by Crippen LogP contribution is -2.15. The van der Waals surface area contributed by atoms with Gasteiger partial charge in [0.15, 0.2) is 0 Å². The largest absolute Gasteiger partial charge is 0.493 e. The van der Waals surface area contributed by atoms with Crippen molar-refractivity contribution in [2.45, 2.75) is 6.42 Å². The third kappa shape index (κ3) is 4.76. The molecule has 0 aliphatic heterocycles. The number of carbonyl (C=O) groups excluding carboxylic acids is 1. The summed E-state index contributed by atoms with van der Waals surface area (Å²) in [6.45, 7) is 0.300. The minimum Gasteiger partial charge on any atom is -0.493 e. The fourth-order valence-corrected chi connectivity index (χ4v) is 1.90. The molecule has 0 aliphatic rings. The van der Waals surface area contributed by atoms with Crippen molar-refractivity contribution < 1.29 is 9.53 Å². The Kier molecular flexibility index (Phi) is 5.27. The second-order valence-corrected chi connectivity index (χ2v) is 4.98. The third-order valence-electron chi connectivity index (χ3n) is 2.52. The lowest BCUT2D eigenvalue weighted by molar-refractivity contribution is -0.116. The first-order chi connectivity index (χ1) is 9.63. The van der Waals surface area contributed by atoms with Gasteiger partial charge in [-0.25, -0.2) is 0 Å². The molecular weight excluding hydrogens is 297 g/mol. The first-order valence-electron chi connectivity index (χ1n) is 6.07. The monoisotopic (exact) mass is 309 g/mol. The van der Waals surface area contributed by atoms with Crippen molar-refractivity contribution >= 4 is 34.8 Å². The van der Waals surface area contributed by atoms with E-state index in [1.165, 1.54) is 0 Å². The lowest BCUT2D eigenvalue weighted by Gasteiger charge is -2.07. The second-order valence-electron chi connectivity index (χ2n) is 4.11. The van der Waals surface area contributed by atoms with Crippen LogP contribution in [0, 0.1) is 0 Å². The quantitative estimate of drug-likeness (QED) is 0.889. The fourth-order valence-electron chi connectivity index (χ4n) is 1.58. The van der Waals surface area contributed by atoms with E-state index in [4.69, 9.17) is 27.9 Å². The molecule has 0 fully saturated rings. The number of halogens is 2. The van der Waals surface area contributed by atoms with E-state index in [0.717, 1.165) is 0 Å². The number of hydrogen-bond donors (Lipinski definition) is 1. The highest BCUT2D eigenvalue weighted by Gasteiger charge is 2.03. The van der Waals surface area contributed by atoms with Gasteiger partial charge in [0.1, 0.15) is 5.75 Å². The van der Waals surface area contributed by atoms with Gasteiger partial charge >= 0.3 is 0 Å². The van der Waals surface area contributed by atoms with E-state index >= 15 is 0 Å². The Morgan fingerprint density at radius 2 is 1.80 bits per heavy atom. The van der Waals surface area contributed by atoms with Crippen LogP contribution in [0.4, 0.5) is 5.69 Å². The minimum atomic E-state index is -0.124. The average Bonchev–Trinajstić information content (AvgIpc) is 2.41. The van der Waals surface area contributed by atoms with Crippen molar-refractivity contribution in [3.05, 3.63) is 58.6 Å². The normalized spacial score (nSPS) is 10.1. The molecule has 0 aliphatic carbocycles. The molecule has 104 valence electrons. The molecule has 0 bridgehead atoms. The maximum atomic E-state index is 11.7. The molecular formula is C15H13Cl2NO2. The summed E-state index contributed by atoms with van der Waals surface area (Å²) in [5.74, 6) is 0.561. The number of carbonyl (C=O) groups is 1. The van der Waals surface area contributed by atoms with Crippen LogP contribution in [-0.4, -0.2) is 12.5 Å². The molecule has 2 aromatic rings. The first-order valence-corrected chi connectivity index (χ1v) is 6.83. The van der Waals surface area contributed by atoms with Gasteiger partial charge in [-0.3, -0.25) is 4.79 Å². The van der Waals surface area contributed by atoms with Crippen molar-refractivity contribution in [2.75, 3.05) is 11.9 Å². The zero-order valence-electron chi connectivity index (χ0n) is 10.6. The maximum absolute atomic E-state index is 11.7. The molecule has 1 N–H and O–H groups in total. The molecule has 2 aromatic carbocycles. The van der Waals surface area contributed by atoms with Crippen molar-refractivity contribution in [3.63, 3.8) is 0 Å². The molecule has 0 heterocycles. The van der Waals surface area contributed by atoms with Gasteiger partial charge < -0.3 is 10.1 Å². The molecule has 1 amide bonds. The highest BCUT2D eigenvalue weighted by atomic mass is 35.5. The second kappa shape index (κ2) is 7.17. The summed E-state index contributed by atoms with van der Waals surface area (Å²) in [5.41, 5.74) is 0.675. The average molecular weight is 310 g/mol. The van der Waals surface area contributed by atoms with E-state index in [0.29, 0.717) is 28.1 Å². The van der Waals surface area contributed by atoms with Gasteiger partial charge in [0.25, 0.3) is 0 Å². The number of nitrogens with one attached hydrogen (secondary N) is 1. The van der Waals surface area contributed by atoms with Gasteiger partial charge in [-0.15, -0.1) is 0 Å². The van der Waals surface area contributed by atoms with Crippen molar-refractivity contribution in [1.82, 2.24) is 0 Å². The highest BCUT2D eigenvalue weighted by molar-refractivity contribution is 6.31. The molecule has 0 unspecified atom stereocenters. The molecule has 2 rings (SSSR count). The van der Waals surface area contributed by atoms with E-state index in [2.05, 4.69) is 5.32 Å². The van der Waals surface area contributed by atoms with Crippen LogP contribution in [0.15, 0.2) is 48.5 Å². The summed E-state index contributed by atoms with van der Waals surface area (Å²) in [6, 6.07) is 14.0. The molecule has 5 heteroatoms. The summed E-state index contributed by atoms with van der Waals surface area (Å²) < 4.78 is 5.45. The molecule has 0 saturated heterocycles. The summed E-state index contributed by atoms with van der Waals surface area (Å²) in [5, 5.41) is 3.99. The van der Waals surface area contributed by atoms with Gasteiger partial charge in [-0.1, -0.05) is 29.3 Å². The topological polar surface area (TPSA) is 38.3 Å². The molecule has 20 heavy (non-hydrogen) atoms. The Morgan fingerprint density at radius 3 is 2.50 bits per heavy atom. The molecule has 0 radical (unpaired) electrons. The number of ether oxygens (including phenoxy) is 1. The fraction of sp³-hybridized carbons (Fsp3) is 0.133. The molecule has 0 aromatic heterocycles. The minimum absolute atomic E-state index is 0.124. The van der Waals surface area contributed by atoms with Crippen LogP contribution >= 0.6 is 23.2 Å². The molecule has 0 atom stereocenters. The van der Waals surface area contributed by atoms with E-state index in [-0.39, 0.29) is 12.3 Å². The van der Waals surface area contributed by atoms with E-state index in [9.17, 15) is 4.79 Å². The van der Waals surface area contributed by atoms with Crippen LogP contribution in [0.2, 0.25) is 10.0 Å². The van der Waals surface area contributed by atoms with Crippen LogP contribution in [0.25, 0.3) is 0 Å². The Bertz CT molecular complexity index is 585. The Balaban J connectivity index is 1.76. The lowest BCUT2D eigenvalue weighted by atomic mass is 10.3. The summed E-state index contributed by atoms with van der Waals surface area (Å²) in [7, 11) is 0. The smallest absolute Gasteiger partial charge is 0.227 e. The summed E-state index contributed by atoms with van der Waals surface area (Å²) >= 11 is 11.6. The predicted octanol–water partition coefficient (Wildman–Crippen LogP) is 4.40. The van der Waals surface area contributed by atoms with Crippen molar-refractivity contribution in [1.29, 1.82) is 0 Å². The van der Waals surface area contributed by atoms with Crippen LogP contribution in [-0.2, 0) is 4.79 Å². The van der Waals surface area contributed by atoms with Crippen LogP contribution in [0.5, 0.6) is 5.75 Å². The number of hydrogen-bond acceptors (Lipinski definition) is 2. The van der Waals surface area contributed by atoms with E-state index < -0.39 is 0 Å². The predicted molar refractivity (Wildman–Crippen MR) is 81.6 cm³/mol. The summed E-state index contributed by atoms with van der Waals surface area (Å²) in [4.78, 5) is 11.7. The Hall–Kier alpha value is -1.71. The van der Waals surface area contributed by atoms with Crippen LogP contribution < -0.4 is 10.1 Å². The third-order valence-corrected chi connectivity index (χ3v) is 3.01. The SMILES string of the molecule is O=C(CCOc1ccc(Cl)cc1)Nc1cccc(Cl)c1. The van der Waals surface area contributed by atoms with Gasteiger partial charge in [0, 0.05) is 15.7 Å². The van der Waals surface area contributed by atoms with Gasteiger partial charge in [-0.2, -0.15) is 0 Å². The number of amides is 1. The molecule has 0 spiro atoms. The summed E-state index contributed by atoms with van der Waals surface area (Å²) in [6.07, 6.45) is 0.259. The standard InChI is InChI=1S/C15H13Cl2NO2/c16-11-4-6-14(7-5-11)20-9-8-15(19)18-13-3-1-2-12(17)10-13/h1-7,10H,8-9H2,(H,18,19). The van der Waals surface area contributed by atoms with Gasteiger partial charge in [0.2, 0.25) is 5.91 Å². The van der Waals surface area contributed by atoms with Crippen LogP contribution in [0.1, 0.15) is 6.42 Å². The number of rotatable bonds is 5. The molecule has 3 nitrogen and oxygen atoms in total. The highest BCUT2D eigenvalue weighted by Crippen LogP contribution is 2.16. The Morgan fingerprint density at radius 1 is 1.05 bits per heavy atom. The maximum Gasteiger partial charge on any atom is 0.227 e. The number of benzene rings is 2. The van der Waals surface area contributed by atoms with Crippen molar-refractivity contribution in [3.8, 4) is 5.75 Å². The molecule has 0 saturated carbocycles. The number of anilines is 1. The zero-order chi connectivity index (χ0) is 14.4.